The predicted molar refractivity (Wildman–Crippen MR) is 179 cm³/mol. The molecule has 2 N–H and O–H groups in total. The van der Waals surface area contributed by atoms with E-state index in [0.29, 0.717) is 19.4 Å². The van der Waals surface area contributed by atoms with Crippen molar-refractivity contribution in [3.8, 4) is 0 Å². The van der Waals surface area contributed by atoms with Crippen LogP contribution in [0, 0.1) is 0 Å². The lowest BCUT2D eigenvalue weighted by Gasteiger charge is -2.32. The summed E-state index contributed by atoms with van der Waals surface area (Å²) < 4.78 is 5.39. The highest BCUT2D eigenvalue weighted by atomic mass is 16.5. The van der Waals surface area contributed by atoms with Gasteiger partial charge in [0.15, 0.2) is 0 Å². The molecule has 4 aromatic rings. The lowest BCUT2D eigenvalue weighted by Crippen LogP contribution is -2.38. The first kappa shape index (κ1) is 33.6. The summed E-state index contributed by atoms with van der Waals surface area (Å²) in [7, 11) is 1.69. The Kier molecular flexibility index (Phi) is 12.5. The van der Waals surface area contributed by atoms with Crippen molar-refractivity contribution < 1.29 is 24.5 Å². The zero-order chi connectivity index (χ0) is 32.0. The molecular weight excluding hydrogens is 562 g/mol. The van der Waals surface area contributed by atoms with Gasteiger partial charge in [0.05, 0.1) is 6.61 Å². The van der Waals surface area contributed by atoms with Crippen molar-refractivity contribution in [3.63, 3.8) is 0 Å². The third kappa shape index (κ3) is 8.07. The molecule has 4 rings (SSSR count). The third-order valence-corrected chi connectivity index (χ3v) is 8.96. The average Bonchev–Trinajstić information content (AvgIpc) is 3.08. The summed E-state index contributed by atoms with van der Waals surface area (Å²) >= 11 is 0. The Morgan fingerprint density at radius 3 is 1.11 bits per heavy atom. The molecule has 0 aromatic heterocycles. The molecule has 236 valence electrons. The number of ether oxygens (including phenoxy) is 1. The van der Waals surface area contributed by atoms with Gasteiger partial charge in [-0.15, -0.1) is 0 Å². The Hall–Kier alpha value is -4.26. The minimum absolute atomic E-state index is 0.490. The molecule has 0 atom stereocenters. The van der Waals surface area contributed by atoms with E-state index in [9.17, 15) is 19.8 Å². The maximum atomic E-state index is 12.9. The van der Waals surface area contributed by atoms with Crippen LogP contribution in [0.2, 0.25) is 0 Å². The fraction of sp³-hybridized carbons (Fsp3) is 0.333. The van der Waals surface area contributed by atoms with Gasteiger partial charge in [0, 0.05) is 13.7 Å². The lowest BCUT2D eigenvalue weighted by atomic mass is 9.71. The number of aliphatic carboxylic acids is 2. The number of nitrogens with zero attached hydrogens (tertiary/aromatic N) is 1. The van der Waals surface area contributed by atoms with Gasteiger partial charge in [0.2, 0.25) is 0 Å². The first-order chi connectivity index (χ1) is 21.9. The highest BCUT2D eigenvalue weighted by Crippen LogP contribution is 2.39. The van der Waals surface area contributed by atoms with Crippen LogP contribution in [0.5, 0.6) is 0 Å². The van der Waals surface area contributed by atoms with Gasteiger partial charge < -0.3 is 19.8 Å². The van der Waals surface area contributed by atoms with Gasteiger partial charge in [0.25, 0.3) is 0 Å². The van der Waals surface area contributed by atoms with E-state index < -0.39 is 22.8 Å². The molecule has 45 heavy (non-hydrogen) atoms. The summed E-state index contributed by atoms with van der Waals surface area (Å²) in [6, 6.07) is 38.1. The van der Waals surface area contributed by atoms with Gasteiger partial charge in [-0.2, -0.15) is 0 Å². The largest absolute Gasteiger partial charge is 0.480 e. The van der Waals surface area contributed by atoms with Crippen LogP contribution in [0.1, 0.15) is 60.8 Å². The molecule has 6 nitrogen and oxygen atoms in total. The van der Waals surface area contributed by atoms with Gasteiger partial charge >= 0.3 is 11.9 Å². The Labute approximate surface area is 267 Å². The molecule has 6 heteroatoms. The summed E-state index contributed by atoms with van der Waals surface area (Å²) in [6.07, 6.45) is 4.14. The van der Waals surface area contributed by atoms with Gasteiger partial charge in [-0.1, -0.05) is 134 Å². The van der Waals surface area contributed by atoms with E-state index in [4.69, 9.17) is 4.74 Å². The number of carboxylic acid groups (broad SMARTS) is 2. The van der Waals surface area contributed by atoms with Crippen LogP contribution in [0.3, 0.4) is 0 Å². The second-order valence-corrected chi connectivity index (χ2v) is 11.6. The summed E-state index contributed by atoms with van der Waals surface area (Å²) in [5, 5.41) is 21.2. The van der Waals surface area contributed by atoms with E-state index in [1.165, 1.54) is 0 Å². The number of hydrogen-bond donors (Lipinski definition) is 2. The zero-order valence-corrected chi connectivity index (χ0v) is 26.2. The Morgan fingerprint density at radius 2 is 0.844 bits per heavy atom. The highest BCUT2D eigenvalue weighted by molar-refractivity contribution is 5.86. The van der Waals surface area contributed by atoms with Gasteiger partial charge in [0.1, 0.15) is 10.8 Å². The second-order valence-electron chi connectivity index (χ2n) is 11.6. The molecule has 0 amide bonds. The van der Waals surface area contributed by atoms with E-state index in [1.54, 1.807) is 7.11 Å². The van der Waals surface area contributed by atoms with Crippen molar-refractivity contribution in [2.24, 2.45) is 0 Å². The number of hydrogen-bond acceptors (Lipinski definition) is 4. The second kappa shape index (κ2) is 16.7. The van der Waals surface area contributed by atoms with E-state index in [2.05, 4.69) is 4.90 Å². The number of carboxylic acids is 2. The normalized spacial score (nSPS) is 11.9. The molecule has 0 radical (unpaired) electrons. The molecule has 0 saturated heterocycles. The molecule has 0 saturated carbocycles. The maximum absolute atomic E-state index is 12.9. The predicted octanol–water partition coefficient (Wildman–Crippen LogP) is 7.42. The van der Waals surface area contributed by atoms with E-state index in [1.807, 2.05) is 121 Å². The van der Waals surface area contributed by atoms with Crippen LogP contribution >= 0.6 is 0 Å². The fourth-order valence-corrected chi connectivity index (χ4v) is 6.52. The van der Waals surface area contributed by atoms with Crippen molar-refractivity contribution in [2.75, 3.05) is 33.4 Å². The minimum atomic E-state index is -1.12. The van der Waals surface area contributed by atoms with E-state index in [-0.39, 0.29) is 0 Å². The Bertz CT molecular complexity index is 1260. The molecule has 0 fully saturated rings. The van der Waals surface area contributed by atoms with Gasteiger partial charge in [-0.05, 0) is 61.0 Å². The quantitative estimate of drug-likeness (QED) is 0.108. The molecular formula is C39H45NO5. The molecule has 0 aliphatic heterocycles. The molecule has 0 bridgehead atoms. The first-order valence-corrected chi connectivity index (χ1v) is 15.9. The van der Waals surface area contributed by atoms with Crippen LogP contribution in [-0.4, -0.2) is 60.4 Å². The standard InChI is InChI=1S/C39H45NO5/c1-45-31-30-40(28-16-14-26-38(36(41)42,32-18-6-2-7-19-32)33-20-8-3-9-21-33)29-17-15-27-39(37(43)44,34-22-10-4-11-23-34)35-24-12-5-13-25-35/h2-13,18-25H,14-17,26-31H2,1H3,(H,41,42)(H,43,44). The molecule has 0 heterocycles. The van der Waals surface area contributed by atoms with Crippen molar-refractivity contribution in [2.45, 2.75) is 49.4 Å². The number of unbranched alkanes of at least 4 members (excludes halogenated alkanes) is 2. The van der Waals surface area contributed by atoms with Crippen LogP contribution in [-0.2, 0) is 25.2 Å². The molecule has 0 unspecified atom stereocenters. The van der Waals surface area contributed by atoms with Crippen LogP contribution in [0.15, 0.2) is 121 Å². The zero-order valence-electron chi connectivity index (χ0n) is 26.2. The number of rotatable bonds is 19. The first-order valence-electron chi connectivity index (χ1n) is 15.9. The molecule has 0 aliphatic carbocycles. The minimum Gasteiger partial charge on any atom is -0.480 e. The number of benzene rings is 4. The van der Waals surface area contributed by atoms with Crippen molar-refractivity contribution in [1.82, 2.24) is 4.90 Å². The number of methoxy groups -OCH3 is 1. The fourth-order valence-electron chi connectivity index (χ4n) is 6.52. The smallest absolute Gasteiger partial charge is 0.318 e. The summed E-state index contributed by atoms with van der Waals surface area (Å²) in [5.41, 5.74) is 0.929. The summed E-state index contributed by atoms with van der Waals surface area (Å²) in [4.78, 5) is 28.2. The lowest BCUT2D eigenvalue weighted by molar-refractivity contribution is -0.143. The third-order valence-electron chi connectivity index (χ3n) is 8.96. The van der Waals surface area contributed by atoms with Crippen LogP contribution < -0.4 is 0 Å². The SMILES string of the molecule is COCCN(CCCCC(C(=O)O)(c1ccccc1)c1ccccc1)CCCCC(C(=O)O)(c1ccccc1)c1ccccc1. The average molecular weight is 608 g/mol. The Morgan fingerprint density at radius 1 is 0.533 bits per heavy atom. The molecule has 0 spiro atoms. The maximum Gasteiger partial charge on any atom is 0.318 e. The van der Waals surface area contributed by atoms with Crippen molar-refractivity contribution in [1.29, 1.82) is 0 Å². The van der Waals surface area contributed by atoms with E-state index in [0.717, 1.165) is 67.6 Å². The van der Waals surface area contributed by atoms with Crippen molar-refractivity contribution >= 4 is 11.9 Å². The van der Waals surface area contributed by atoms with Gasteiger partial charge in [-0.25, -0.2) is 0 Å². The van der Waals surface area contributed by atoms with Crippen LogP contribution in [0.25, 0.3) is 0 Å². The highest BCUT2D eigenvalue weighted by Gasteiger charge is 2.42. The number of carbonyl (C=O) groups is 2. The summed E-state index contributed by atoms with van der Waals surface area (Å²) in [6.45, 7) is 2.98. The summed E-state index contributed by atoms with van der Waals surface area (Å²) in [5.74, 6) is -1.68. The Balaban J connectivity index is 1.42. The van der Waals surface area contributed by atoms with Crippen molar-refractivity contribution in [3.05, 3.63) is 144 Å². The van der Waals surface area contributed by atoms with Crippen LogP contribution in [0.4, 0.5) is 0 Å². The molecule has 0 aliphatic rings. The molecule has 4 aromatic carbocycles. The van der Waals surface area contributed by atoms with E-state index >= 15 is 0 Å². The van der Waals surface area contributed by atoms with Gasteiger partial charge in [-0.3, -0.25) is 9.59 Å². The monoisotopic (exact) mass is 607 g/mol. The topological polar surface area (TPSA) is 87.1 Å².